The summed E-state index contributed by atoms with van der Waals surface area (Å²) in [5.41, 5.74) is 0. The van der Waals surface area contributed by atoms with Crippen molar-refractivity contribution in [1.29, 1.82) is 0 Å². The number of rotatable bonds is 0. The second-order valence-corrected chi connectivity index (χ2v) is 2.85. The van der Waals surface area contributed by atoms with E-state index in [1.54, 1.807) is 0 Å². The molecule has 0 amide bonds. The normalized spacial score (nSPS) is 56.5. The predicted molar refractivity (Wildman–Crippen MR) is 32.6 cm³/mol. The molecule has 0 radical (unpaired) electrons. The lowest BCUT2D eigenvalue weighted by molar-refractivity contribution is -0.228. The van der Waals surface area contributed by atoms with Gasteiger partial charge in [0.15, 0.2) is 6.29 Å². The summed E-state index contributed by atoms with van der Waals surface area (Å²) in [5.74, 6) is 0. The summed E-state index contributed by atoms with van der Waals surface area (Å²) in [6, 6.07) is 0. The number of fused-ring (bicyclic) bond motifs is 2. The molecular weight excluding hydrogens is 152 g/mol. The van der Waals surface area contributed by atoms with E-state index in [4.69, 9.17) is 14.6 Å². The highest BCUT2D eigenvalue weighted by molar-refractivity contribution is 4.92. The molecule has 5 nitrogen and oxygen atoms in total. The molecule has 2 rings (SSSR count). The third kappa shape index (κ3) is 0.969. The monoisotopic (exact) mass is 162 g/mol. The maximum atomic E-state index is 9.22. The van der Waals surface area contributed by atoms with Crippen molar-refractivity contribution < 1.29 is 24.8 Å². The fourth-order valence-electron chi connectivity index (χ4n) is 1.38. The Kier molecular flexibility index (Phi) is 1.62. The zero-order valence-electron chi connectivity index (χ0n) is 5.75. The maximum Gasteiger partial charge on any atom is 0.186 e. The lowest BCUT2D eigenvalue weighted by atomic mass is 10.0. The van der Waals surface area contributed by atoms with Gasteiger partial charge < -0.3 is 24.8 Å². The van der Waals surface area contributed by atoms with Gasteiger partial charge in [0, 0.05) is 0 Å². The van der Waals surface area contributed by atoms with Gasteiger partial charge in [0.1, 0.15) is 24.4 Å². The van der Waals surface area contributed by atoms with Gasteiger partial charge in [0.25, 0.3) is 0 Å². The molecule has 64 valence electrons. The fraction of sp³-hybridized carbons (Fsp3) is 1.00. The van der Waals surface area contributed by atoms with E-state index in [0.29, 0.717) is 0 Å². The third-order valence-corrected chi connectivity index (χ3v) is 2.09. The van der Waals surface area contributed by atoms with Crippen LogP contribution in [0.2, 0.25) is 0 Å². The summed E-state index contributed by atoms with van der Waals surface area (Å²) in [6.07, 6.45) is -4.58. The Morgan fingerprint density at radius 1 is 1.00 bits per heavy atom. The van der Waals surface area contributed by atoms with Crippen molar-refractivity contribution in [2.45, 2.75) is 30.7 Å². The Labute approximate surface area is 63.2 Å². The summed E-state index contributed by atoms with van der Waals surface area (Å²) in [5, 5.41) is 27.6. The van der Waals surface area contributed by atoms with Crippen LogP contribution in [0.4, 0.5) is 0 Å². The van der Waals surface area contributed by atoms with Gasteiger partial charge in [0.2, 0.25) is 0 Å². The molecule has 0 unspecified atom stereocenters. The molecule has 0 aromatic heterocycles. The van der Waals surface area contributed by atoms with Crippen molar-refractivity contribution in [3.05, 3.63) is 0 Å². The molecule has 2 saturated heterocycles. The molecule has 2 bridgehead atoms. The second kappa shape index (κ2) is 2.40. The van der Waals surface area contributed by atoms with Gasteiger partial charge in [-0.05, 0) is 0 Å². The molecule has 5 heteroatoms. The highest BCUT2D eigenvalue weighted by Gasteiger charge is 2.48. The van der Waals surface area contributed by atoms with E-state index in [-0.39, 0.29) is 6.61 Å². The van der Waals surface area contributed by atoms with Gasteiger partial charge >= 0.3 is 0 Å². The van der Waals surface area contributed by atoms with Crippen LogP contribution in [0.15, 0.2) is 0 Å². The number of hydrogen-bond acceptors (Lipinski definition) is 5. The first-order valence-electron chi connectivity index (χ1n) is 3.51. The van der Waals surface area contributed by atoms with Crippen molar-refractivity contribution in [3.8, 4) is 0 Å². The molecule has 2 heterocycles. The number of aliphatic hydroxyl groups is 3. The van der Waals surface area contributed by atoms with Gasteiger partial charge in [-0.25, -0.2) is 0 Å². The summed E-state index contributed by atoms with van der Waals surface area (Å²) in [4.78, 5) is 0. The van der Waals surface area contributed by atoms with Crippen LogP contribution in [0.3, 0.4) is 0 Å². The largest absolute Gasteiger partial charge is 0.387 e. The Bertz CT molecular complexity index is 141. The van der Waals surface area contributed by atoms with E-state index in [1.165, 1.54) is 0 Å². The zero-order valence-corrected chi connectivity index (χ0v) is 5.75. The minimum atomic E-state index is -1.15. The highest BCUT2D eigenvalue weighted by Crippen LogP contribution is 2.27. The van der Waals surface area contributed by atoms with Crippen LogP contribution in [0, 0.1) is 0 Å². The number of hydrogen-bond donors (Lipinski definition) is 3. The maximum absolute atomic E-state index is 9.22. The average Bonchev–Trinajstić information content (AvgIpc) is 2.44. The van der Waals surface area contributed by atoms with Crippen molar-refractivity contribution in [2.75, 3.05) is 6.61 Å². The van der Waals surface area contributed by atoms with Crippen LogP contribution in [0.25, 0.3) is 0 Å². The van der Waals surface area contributed by atoms with E-state index in [2.05, 4.69) is 0 Å². The van der Waals surface area contributed by atoms with E-state index in [9.17, 15) is 10.2 Å². The molecule has 0 spiro atoms. The Morgan fingerprint density at radius 3 is 2.45 bits per heavy atom. The van der Waals surface area contributed by atoms with Crippen LogP contribution in [-0.2, 0) is 9.47 Å². The van der Waals surface area contributed by atoms with Gasteiger partial charge in [0.05, 0.1) is 6.61 Å². The molecule has 3 N–H and O–H groups in total. The van der Waals surface area contributed by atoms with E-state index in [0.717, 1.165) is 0 Å². The van der Waals surface area contributed by atoms with Crippen LogP contribution in [0.5, 0.6) is 0 Å². The molecule has 11 heavy (non-hydrogen) atoms. The lowest BCUT2D eigenvalue weighted by Crippen LogP contribution is -2.53. The molecule has 0 aliphatic carbocycles. The van der Waals surface area contributed by atoms with Crippen LogP contribution >= 0.6 is 0 Å². The van der Waals surface area contributed by atoms with Gasteiger partial charge in [-0.3, -0.25) is 0 Å². The highest BCUT2D eigenvalue weighted by atomic mass is 16.7. The quantitative estimate of drug-likeness (QED) is 0.377. The minimum absolute atomic E-state index is 0.236. The molecule has 0 aromatic rings. The fourth-order valence-corrected chi connectivity index (χ4v) is 1.38. The lowest BCUT2D eigenvalue weighted by Gasteiger charge is -2.32. The zero-order chi connectivity index (χ0) is 8.01. The topological polar surface area (TPSA) is 79.2 Å². The van der Waals surface area contributed by atoms with Gasteiger partial charge in [-0.15, -0.1) is 0 Å². The van der Waals surface area contributed by atoms with Crippen molar-refractivity contribution in [2.24, 2.45) is 0 Å². The molecule has 5 atom stereocenters. The molecule has 2 fully saturated rings. The minimum Gasteiger partial charge on any atom is -0.387 e. The van der Waals surface area contributed by atoms with Crippen molar-refractivity contribution in [3.63, 3.8) is 0 Å². The molecule has 2 aliphatic heterocycles. The Balaban J connectivity index is 2.16. The van der Waals surface area contributed by atoms with Crippen LogP contribution in [0.1, 0.15) is 0 Å². The third-order valence-electron chi connectivity index (χ3n) is 2.09. The predicted octanol–water partition coefficient (Wildman–Crippen LogP) is -2.18. The molecular formula is C6H10O5. The van der Waals surface area contributed by atoms with Crippen molar-refractivity contribution >= 4 is 0 Å². The molecule has 0 aromatic carbocycles. The van der Waals surface area contributed by atoms with E-state index in [1.807, 2.05) is 0 Å². The van der Waals surface area contributed by atoms with Gasteiger partial charge in [-0.2, -0.15) is 0 Å². The average molecular weight is 162 g/mol. The Morgan fingerprint density at radius 2 is 1.73 bits per heavy atom. The summed E-state index contributed by atoms with van der Waals surface area (Å²) < 4.78 is 9.95. The van der Waals surface area contributed by atoms with Gasteiger partial charge in [-0.1, -0.05) is 0 Å². The molecule has 2 aliphatic rings. The van der Waals surface area contributed by atoms with E-state index < -0.39 is 30.7 Å². The second-order valence-electron chi connectivity index (χ2n) is 2.85. The SMILES string of the molecule is O[C@H]1[C@H](O)[C@H]2OC[C@H](O2)[C@H]1O. The Hall–Kier alpha value is -0.200. The van der Waals surface area contributed by atoms with Crippen LogP contribution in [-0.4, -0.2) is 52.6 Å². The van der Waals surface area contributed by atoms with Crippen molar-refractivity contribution in [1.82, 2.24) is 0 Å². The van der Waals surface area contributed by atoms with E-state index >= 15 is 0 Å². The number of ether oxygens (including phenoxy) is 2. The van der Waals surface area contributed by atoms with Crippen LogP contribution < -0.4 is 0 Å². The number of aliphatic hydroxyl groups excluding tert-OH is 3. The first-order valence-corrected chi connectivity index (χ1v) is 3.51. The first kappa shape index (κ1) is 7.45. The first-order chi connectivity index (χ1) is 5.20. The standard InChI is InChI=1S/C6H10O5/c7-3-2-1-10-6(11-2)5(9)4(3)8/h2-9H,1H2/t2-,3+,4+,5-,6-/m0/s1. The molecule has 0 saturated carbocycles. The summed E-state index contributed by atoms with van der Waals surface area (Å²) in [6.45, 7) is 0.236. The summed E-state index contributed by atoms with van der Waals surface area (Å²) >= 11 is 0. The smallest absolute Gasteiger partial charge is 0.186 e. The summed E-state index contributed by atoms with van der Waals surface area (Å²) in [7, 11) is 0.